The number of carbonyl (C=O) groups excluding carboxylic acids is 2. The summed E-state index contributed by atoms with van der Waals surface area (Å²) in [6, 6.07) is 6.45. The van der Waals surface area contributed by atoms with Gasteiger partial charge in [-0.05, 0) is 31.5 Å². The van der Waals surface area contributed by atoms with Gasteiger partial charge in [0.25, 0.3) is 0 Å². The average molecular weight is 317 g/mol. The second-order valence-electron chi connectivity index (χ2n) is 5.32. The second-order valence-corrected chi connectivity index (χ2v) is 5.32. The number of carbonyl (C=O) groups is 2. The Kier molecular flexibility index (Phi) is 4.83. The van der Waals surface area contributed by atoms with Crippen molar-refractivity contribution in [3.8, 4) is 5.75 Å². The lowest BCUT2D eigenvalue weighted by Gasteiger charge is -2.31. The van der Waals surface area contributed by atoms with E-state index >= 15 is 0 Å². The summed E-state index contributed by atoms with van der Waals surface area (Å²) in [5.74, 6) is -2.37. The van der Waals surface area contributed by atoms with Crippen LogP contribution in [0.25, 0.3) is 0 Å². The molecule has 0 saturated heterocycles. The van der Waals surface area contributed by atoms with E-state index in [0.717, 1.165) is 0 Å². The van der Waals surface area contributed by atoms with Gasteiger partial charge in [-0.15, -0.1) is 0 Å². The first kappa shape index (κ1) is 16.7. The number of phenolic OH excluding ortho intramolecular Hbond substituents is 1. The first-order chi connectivity index (χ1) is 10.9. The van der Waals surface area contributed by atoms with E-state index < -0.39 is 23.8 Å². The molecule has 23 heavy (non-hydrogen) atoms. The number of phenols is 1. The van der Waals surface area contributed by atoms with Crippen molar-refractivity contribution in [2.75, 3.05) is 14.2 Å². The highest BCUT2D eigenvalue weighted by Crippen LogP contribution is 2.40. The molecule has 0 spiro atoms. The van der Waals surface area contributed by atoms with Gasteiger partial charge in [0.2, 0.25) is 0 Å². The van der Waals surface area contributed by atoms with Crippen LogP contribution < -0.4 is 0 Å². The third kappa shape index (κ3) is 3.11. The van der Waals surface area contributed by atoms with Crippen LogP contribution in [0, 0.1) is 5.92 Å². The Morgan fingerprint density at radius 1 is 1.17 bits per heavy atom. The number of esters is 2. The molecular formula is C17H19NO5. The summed E-state index contributed by atoms with van der Waals surface area (Å²) in [6.07, 6.45) is 0. The monoisotopic (exact) mass is 317 g/mol. The van der Waals surface area contributed by atoms with Gasteiger partial charge in [-0.3, -0.25) is 9.79 Å². The molecular weight excluding hydrogens is 298 g/mol. The van der Waals surface area contributed by atoms with Gasteiger partial charge in [0.05, 0.1) is 19.8 Å². The predicted molar refractivity (Wildman–Crippen MR) is 84.2 cm³/mol. The van der Waals surface area contributed by atoms with Crippen LogP contribution in [0.1, 0.15) is 25.3 Å². The van der Waals surface area contributed by atoms with E-state index in [1.807, 2.05) is 0 Å². The van der Waals surface area contributed by atoms with Gasteiger partial charge in [0.15, 0.2) is 0 Å². The molecule has 0 saturated carbocycles. The number of rotatable bonds is 3. The van der Waals surface area contributed by atoms with Crippen molar-refractivity contribution in [1.29, 1.82) is 0 Å². The van der Waals surface area contributed by atoms with Crippen LogP contribution in [0.4, 0.5) is 0 Å². The largest absolute Gasteiger partial charge is 0.508 e. The molecule has 122 valence electrons. The molecule has 2 unspecified atom stereocenters. The molecule has 0 aromatic heterocycles. The minimum absolute atomic E-state index is 0.0492. The van der Waals surface area contributed by atoms with Crippen LogP contribution >= 0.6 is 0 Å². The molecule has 1 aliphatic heterocycles. The highest BCUT2D eigenvalue weighted by molar-refractivity contribution is 6.06. The maximum atomic E-state index is 12.3. The molecule has 0 aliphatic carbocycles. The van der Waals surface area contributed by atoms with Gasteiger partial charge in [-0.2, -0.15) is 0 Å². The first-order valence-electron chi connectivity index (χ1n) is 7.11. The fraction of sp³-hybridized carbons (Fsp3) is 0.353. The Hall–Kier alpha value is -2.63. The van der Waals surface area contributed by atoms with Crippen LogP contribution in [0.15, 0.2) is 40.5 Å². The summed E-state index contributed by atoms with van der Waals surface area (Å²) < 4.78 is 9.74. The van der Waals surface area contributed by atoms with E-state index in [1.54, 1.807) is 26.0 Å². The second kappa shape index (κ2) is 6.64. The number of aromatic hydroxyl groups is 1. The normalized spacial score (nSPS) is 20.8. The Balaban J connectivity index is 2.68. The molecule has 1 aromatic carbocycles. The molecule has 1 aromatic rings. The number of benzene rings is 1. The summed E-state index contributed by atoms with van der Waals surface area (Å²) in [6.45, 7) is 3.41. The van der Waals surface area contributed by atoms with E-state index in [9.17, 15) is 14.7 Å². The van der Waals surface area contributed by atoms with Crippen molar-refractivity contribution in [3.63, 3.8) is 0 Å². The lowest BCUT2D eigenvalue weighted by atomic mass is 9.75. The lowest BCUT2D eigenvalue weighted by molar-refractivity contribution is -0.143. The van der Waals surface area contributed by atoms with E-state index in [1.165, 1.54) is 26.4 Å². The van der Waals surface area contributed by atoms with Crippen LogP contribution in [-0.2, 0) is 19.1 Å². The SMILES string of the molecule is COC(=O)C1=C(C)N=C(C)C(C(=O)OC)C1c1cccc(O)c1. The van der Waals surface area contributed by atoms with Gasteiger partial charge in [-0.25, -0.2) is 4.79 Å². The van der Waals surface area contributed by atoms with Crippen LogP contribution in [-0.4, -0.2) is 37.0 Å². The lowest BCUT2D eigenvalue weighted by Crippen LogP contribution is -2.36. The van der Waals surface area contributed by atoms with Crippen molar-refractivity contribution in [1.82, 2.24) is 0 Å². The summed E-state index contributed by atoms with van der Waals surface area (Å²) in [5.41, 5.74) is 1.95. The topological polar surface area (TPSA) is 85.2 Å². The Bertz CT molecular complexity index is 705. The van der Waals surface area contributed by atoms with E-state index in [-0.39, 0.29) is 5.75 Å². The standard InChI is InChI=1S/C17H19NO5/c1-9-13(16(20)22-3)15(11-6-5-7-12(19)8-11)14(10(2)18-9)17(21)23-4/h5-8,13,15,19H,1-4H3. The molecule has 2 atom stereocenters. The maximum Gasteiger partial charge on any atom is 0.336 e. The van der Waals surface area contributed by atoms with Gasteiger partial charge in [-0.1, -0.05) is 12.1 Å². The zero-order valence-electron chi connectivity index (χ0n) is 13.5. The van der Waals surface area contributed by atoms with Crippen molar-refractivity contribution < 1.29 is 24.2 Å². The maximum absolute atomic E-state index is 12.3. The van der Waals surface area contributed by atoms with Crippen molar-refractivity contribution in [3.05, 3.63) is 41.1 Å². The molecule has 0 radical (unpaired) electrons. The van der Waals surface area contributed by atoms with E-state index in [4.69, 9.17) is 9.47 Å². The fourth-order valence-electron chi connectivity index (χ4n) is 2.92. The van der Waals surface area contributed by atoms with Crippen LogP contribution in [0.5, 0.6) is 5.75 Å². The van der Waals surface area contributed by atoms with Crippen LogP contribution in [0.2, 0.25) is 0 Å². The molecule has 0 fully saturated rings. The highest BCUT2D eigenvalue weighted by atomic mass is 16.5. The minimum Gasteiger partial charge on any atom is -0.508 e. The quantitative estimate of drug-likeness (QED) is 0.864. The average Bonchev–Trinajstić information content (AvgIpc) is 2.52. The number of aliphatic imine (C=N–C) groups is 1. The van der Waals surface area contributed by atoms with Crippen molar-refractivity contribution >= 4 is 17.7 Å². The number of nitrogens with zero attached hydrogens (tertiary/aromatic N) is 1. The smallest absolute Gasteiger partial charge is 0.336 e. The van der Waals surface area contributed by atoms with Crippen molar-refractivity contribution in [2.24, 2.45) is 10.9 Å². The predicted octanol–water partition coefficient (Wildman–Crippen LogP) is 2.19. The summed E-state index contributed by atoms with van der Waals surface area (Å²) >= 11 is 0. The fourth-order valence-corrected chi connectivity index (χ4v) is 2.92. The van der Waals surface area contributed by atoms with Crippen LogP contribution in [0.3, 0.4) is 0 Å². The number of hydrogen-bond donors (Lipinski definition) is 1. The van der Waals surface area contributed by atoms with Gasteiger partial charge >= 0.3 is 11.9 Å². The van der Waals surface area contributed by atoms with Gasteiger partial charge in [0.1, 0.15) is 11.7 Å². The number of ether oxygens (including phenoxy) is 2. The third-order valence-corrected chi connectivity index (χ3v) is 3.92. The molecule has 1 aliphatic rings. The zero-order chi connectivity index (χ0) is 17.1. The summed E-state index contributed by atoms with van der Waals surface area (Å²) in [4.78, 5) is 28.8. The molecule has 2 rings (SSSR count). The highest BCUT2D eigenvalue weighted by Gasteiger charge is 2.42. The zero-order valence-corrected chi connectivity index (χ0v) is 13.5. The third-order valence-electron chi connectivity index (χ3n) is 3.92. The Morgan fingerprint density at radius 2 is 1.87 bits per heavy atom. The van der Waals surface area contributed by atoms with E-state index in [2.05, 4.69) is 4.99 Å². The molecule has 6 heteroatoms. The first-order valence-corrected chi connectivity index (χ1v) is 7.11. The molecule has 6 nitrogen and oxygen atoms in total. The van der Waals surface area contributed by atoms with Gasteiger partial charge < -0.3 is 14.6 Å². The summed E-state index contributed by atoms with van der Waals surface area (Å²) in [5, 5.41) is 9.76. The molecule has 1 heterocycles. The minimum atomic E-state index is -0.750. The number of allylic oxidation sites excluding steroid dienone is 1. The molecule has 1 N–H and O–H groups in total. The van der Waals surface area contributed by atoms with Crippen molar-refractivity contribution in [2.45, 2.75) is 19.8 Å². The Labute approximate surface area is 134 Å². The summed E-state index contributed by atoms with van der Waals surface area (Å²) in [7, 11) is 2.57. The molecule has 0 amide bonds. The van der Waals surface area contributed by atoms with Gasteiger partial charge in [0, 0.05) is 17.3 Å². The van der Waals surface area contributed by atoms with E-state index in [0.29, 0.717) is 22.5 Å². The Morgan fingerprint density at radius 3 is 2.43 bits per heavy atom. The number of hydrogen-bond acceptors (Lipinski definition) is 6. The number of methoxy groups -OCH3 is 2. The molecule has 0 bridgehead atoms.